The quantitative estimate of drug-likeness (QED) is 0.508. The van der Waals surface area contributed by atoms with Gasteiger partial charge in [-0.3, -0.25) is 0 Å². The summed E-state index contributed by atoms with van der Waals surface area (Å²) >= 11 is 0. The topological polar surface area (TPSA) is 12.0 Å². The molecule has 0 bridgehead atoms. The first-order chi connectivity index (χ1) is 7.70. The van der Waals surface area contributed by atoms with Crippen molar-refractivity contribution in [3.63, 3.8) is 0 Å². The number of rotatable bonds is 11. The summed E-state index contributed by atoms with van der Waals surface area (Å²) in [5.41, 5.74) is 0. The van der Waals surface area contributed by atoms with Gasteiger partial charge < -0.3 is 5.32 Å². The van der Waals surface area contributed by atoms with Gasteiger partial charge in [-0.25, -0.2) is 0 Å². The Labute approximate surface area is 103 Å². The van der Waals surface area contributed by atoms with Crippen molar-refractivity contribution < 1.29 is 0 Å². The summed E-state index contributed by atoms with van der Waals surface area (Å²) in [7, 11) is 0. The second-order valence-corrected chi connectivity index (χ2v) is 5.51. The molecule has 1 nitrogen and oxygen atoms in total. The maximum Gasteiger partial charge on any atom is -0.00206 e. The summed E-state index contributed by atoms with van der Waals surface area (Å²) in [6.45, 7) is 11.7. The van der Waals surface area contributed by atoms with Gasteiger partial charge >= 0.3 is 0 Å². The fourth-order valence-electron chi connectivity index (χ4n) is 2.05. The van der Waals surface area contributed by atoms with Crippen LogP contribution < -0.4 is 5.32 Å². The lowest BCUT2D eigenvalue weighted by atomic mass is 9.99. The molecule has 0 aromatic heterocycles. The van der Waals surface area contributed by atoms with Crippen molar-refractivity contribution in [3.05, 3.63) is 0 Å². The Morgan fingerprint density at radius 3 is 2.25 bits per heavy atom. The van der Waals surface area contributed by atoms with Gasteiger partial charge in [-0.1, -0.05) is 59.8 Å². The molecule has 0 aromatic rings. The van der Waals surface area contributed by atoms with E-state index < -0.39 is 0 Å². The summed E-state index contributed by atoms with van der Waals surface area (Å²) < 4.78 is 0. The van der Waals surface area contributed by atoms with Gasteiger partial charge in [0.05, 0.1) is 0 Å². The Kier molecular flexibility index (Phi) is 11.4. The van der Waals surface area contributed by atoms with Gasteiger partial charge in [0.1, 0.15) is 0 Å². The standard InChI is InChI=1S/C15H33N/c1-5-7-11-15(6-2)13-16-12-9-8-10-14(3)4/h14-16H,5-13H2,1-4H3. The number of nitrogens with one attached hydrogen (secondary N) is 1. The molecule has 0 amide bonds. The van der Waals surface area contributed by atoms with Crippen molar-refractivity contribution in [3.8, 4) is 0 Å². The smallest absolute Gasteiger partial charge is 0.00206 e. The van der Waals surface area contributed by atoms with Crippen LogP contribution in [0.5, 0.6) is 0 Å². The van der Waals surface area contributed by atoms with Gasteiger partial charge in [0.15, 0.2) is 0 Å². The highest BCUT2D eigenvalue weighted by atomic mass is 14.8. The van der Waals surface area contributed by atoms with E-state index in [0.29, 0.717) is 0 Å². The zero-order valence-electron chi connectivity index (χ0n) is 12.0. The molecular formula is C15H33N. The fourth-order valence-corrected chi connectivity index (χ4v) is 2.05. The first-order valence-electron chi connectivity index (χ1n) is 7.41. The monoisotopic (exact) mass is 227 g/mol. The van der Waals surface area contributed by atoms with Gasteiger partial charge in [-0.2, -0.15) is 0 Å². The summed E-state index contributed by atoms with van der Waals surface area (Å²) in [6.07, 6.45) is 9.59. The SMILES string of the molecule is CCCCC(CC)CNCCCCC(C)C. The lowest BCUT2D eigenvalue weighted by Gasteiger charge is -2.15. The minimum atomic E-state index is 0.868. The molecule has 0 saturated carbocycles. The Morgan fingerprint density at radius 1 is 0.938 bits per heavy atom. The van der Waals surface area contributed by atoms with Crippen LogP contribution in [-0.4, -0.2) is 13.1 Å². The molecule has 1 N–H and O–H groups in total. The van der Waals surface area contributed by atoms with Gasteiger partial charge in [0.2, 0.25) is 0 Å². The molecule has 0 heterocycles. The summed E-state index contributed by atoms with van der Waals surface area (Å²) in [5.74, 6) is 1.78. The average Bonchev–Trinajstić information content (AvgIpc) is 2.26. The molecule has 1 atom stereocenters. The van der Waals surface area contributed by atoms with Crippen molar-refractivity contribution >= 4 is 0 Å². The molecule has 0 radical (unpaired) electrons. The highest BCUT2D eigenvalue weighted by molar-refractivity contribution is 4.61. The molecule has 0 aliphatic carbocycles. The molecule has 0 saturated heterocycles. The minimum absolute atomic E-state index is 0.868. The van der Waals surface area contributed by atoms with E-state index in [1.807, 2.05) is 0 Å². The third kappa shape index (κ3) is 10.5. The Morgan fingerprint density at radius 2 is 1.69 bits per heavy atom. The second kappa shape index (κ2) is 11.4. The second-order valence-electron chi connectivity index (χ2n) is 5.51. The maximum absolute atomic E-state index is 3.62. The summed E-state index contributed by atoms with van der Waals surface area (Å²) in [6, 6.07) is 0. The predicted molar refractivity (Wildman–Crippen MR) is 74.9 cm³/mol. The Balaban J connectivity index is 3.27. The zero-order chi connectivity index (χ0) is 12.2. The van der Waals surface area contributed by atoms with Crippen LogP contribution in [0, 0.1) is 11.8 Å². The molecule has 0 spiro atoms. The average molecular weight is 227 g/mol. The molecule has 0 rings (SSSR count). The normalized spacial score (nSPS) is 13.3. The van der Waals surface area contributed by atoms with E-state index >= 15 is 0 Å². The fraction of sp³-hybridized carbons (Fsp3) is 1.00. The Bertz CT molecular complexity index is 131. The third-order valence-corrected chi connectivity index (χ3v) is 3.36. The first kappa shape index (κ1) is 16.0. The van der Waals surface area contributed by atoms with Crippen LogP contribution in [0.25, 0.3) is 0 Å². The van der Waals surface area contributed by atoms with E-state index in [1.165, 1.54) is 58.0 Å². The van der Waals surface area contributed by atoms with Crippen LogP contribution in [-0.2, 0) is 0 Å². The third-order valence-electron chi connectivity index (χ3n) is 3.36. The van der Waals surface area contributed by atoms with Gasteiger partial charge in [-0.15, -0.1) is 0 Å². The van der Waals surface area contributed by atoms with Crippen LogP contribution in [0.3, 0.4) is 0 Å². The molecule has 16 heavy (non-hydrogen) atoms. The van der Waals surface area contributed by atoms with Crippen molar-refractivity contribution in [2.24, 2.45) is 11.8 Å². The molecule has 0 aromatic carbocycles. The molecule has 0 aliphatic heterocycles. The van der Waals surface area contributed by atoms with Crippen LogP contribution in [0.15, 0.2) is 0 Å². The van der Waals surface area contributed by atoms with E-state index in [0.717, 1.165) is 11.8 Å². The zero-order valence-corrected chi connectivity index (χ0v) is 12.0. The lowest BCUT2D eigenvalue weighted by Crippen LogP contribution is -2.23. The highest BCUT2D eigenvalue weighted by Crippen LogP contribution is 2.11. The Hall–Kier alpha value is -0.0400. The van der Waals surface area contributed by atoms with Gasteiger partial charge in [-0.05, 0) is 37.8 Å². The van der Waals surface area contributed by atoms with Crippen LogP contribution in [0.1, 0.15) is 72.6 Å². The molecule has 1 heteroatoms. The number of hydrogen-bond acceptors (Lipinski definition) is 1. The minimum Gasteiger partial charge on any atom is -0.316 e. The summed E-state index contributed by atoms with van der Waals surface area (Å²) in [5, 5.41) is 3.62. The van der Waals surface area contributed by atoms with Crippen LogP contribution in [0.4, 0.5) is 0 Å². The first-order valence-corrected chi connectivity index (χ1v) is 7.41. The van der Waals surface area contributed by atoms with Crippen molar-refractivity contribution in [1.29, 1.82) is 0 Å². The van der Waals surface area contributed by atoms with Crippen LogP contribution >= 0.6 is 0 Å². The van der Waals surface area contributed by atoms with E-state index in [4.69, 9.17) is 0 Å². The molecule has 98 valence electrons. The highest BCUT2D eigenvalue weighted by Gasteiger charge is 2.04. The molecule has 0 fully saturated rings. The molecule has 1 unspecified atom stereocenters. The molecule has 0 aliphatic rings. The lowest BCUT2D eigenvalue weighted by molar-refractivity contribution is 0.413. The van der Waals surface area contributed by atoms with Gasteiger partial charge in [0, 0.05) is 0 Å². The number of hydrogen-bond donors (Lipinski definition) is 1. The number of unbranched alkanes of at least 4 members (excludes halogenated alkanes) is 2. The van der Waals surface area contributed by atoms with E-state index in [1.54, 1.807) is 0 Å². The van der Waals surface area contributed by atoms with E-state index in [2.05, 4.69) is 33.0 Å². The van der Waals surface area contributed by atoms with Crippen LogP contribution in [0.2, 0.25) is 0 Å². The van der Waals surface area contributed by atoms with Gasteiger partial charge in [0.25, 0.3) is 0 Å². The largest absolute Gasteiger partial charge is 0.316 e. The molecular weight excluding hydrogens is 194 g/mol. The van der Waals surface area contributed by atoms with Crippen molar-refractivity contribution in [2.45, 2.75) is 72.6 Å². The maximum atomic E-state index is 3.62. The van der Waals surface area contributed by atoms with Crippen molar-refractivity contribution in [2.75, 3.05) is 13.1 Å². The van der Waals surface area contributed by atoms with E-state index in [9.17, 15) is 0 Å². The summed E-state index contributed by atoms with van der Waals surface area (Å²) in [4.78, 5) is 0. The van der Waals surface area contributed by atoms with E-state index in [-0.39, 0.29) is 0 Å². The predicted octanol–water partition coefficient (Wildman–Crippen LogP) is 4.62. The van der Waals surface area contributed by atoms with Crippen molar-refractivity contribution in [1.82, 2.24) is 5.32 Å².